The number of hydrazone groups is 1. The Kier molecular flexibility index (Phi) is 4.88. The van der Waals surface area contributed by atoms with Crippen molar-refractivity contribution in [2.24, 2.45) is 10.1 Å². The molecule has 0 aliphatic rings. The van der Waals surface area contributed by atoms with Crippen LogP contribution in [0.15, 0.2) is 40.7 Å². The number of hydrogen-bond donors (Lipinski definition) is 0. The molecule has 7 heteroatoms. The van der Waals surface area contributed by atoms with Crippen molar-refractivity contribution in [2.75, 3.05) is 14.1 Å². The third-order valence-electron chi connectivity index (χ3n) is 2.56. The average molecular weight is 322 g/mol. The van der Waals surface area contributed by atoms with Crippen LogP contribution in [-0.2, 0) is 0 Å². The molecule has 5 nitrogen and oxygen atoms in total. The molecule has 1 aromatic carbocycles. The second-order valence-electron chi connectivity index (χ2n) is 4.35. The summed E-state index contributed by atoms with van der Waals surface area (Å²) in [6.45, 7) is 3.51. The molecule has 0 aliphatic carbocycles. The maximum Gasteiger partial charge on any atom is 0.197 e. The molecular formula is C14H13Cl2N5. The fourth-order valence-corrected chi connectivity index (χ4v) is 1.94. The molecule has 0 aliphatic heterocycles. The first-order valence-electron chi connectivity index (χ1n) is 6.01. The van der Waals surface area contributed by atoms with Gasteiger partial charge in [-0.3, -0.25) is 0 Å². The van der Waals surface area contributed by atoms with Crippen LogP contribution in [0.2, 0.25) is 10.0 Å². The van der Waals surface area contributed by atoms with Crippen molar-refractivity contribution in [1.29, 1.82) is 0 Å². The first kappa shape index (κ1) is 15.4. The van der Waals surface area contributed by atoms with Gasteiger partial charge < -0.3 is 5.01 Å². The normalized spacial score (nSPS) is 11.3. The van der Waals surface area contributed by atoms with Gasteiger partial charge in [0.1, 0.15) is 12.0 Å². The molecule has 0 radical (unpaired) electrons. The van der Waals surface area contributed by atoms with E-state index in [-0.39, 0.29) is 0 Å². The molecule has 1 heterocycles. The molecule has 0 atom stereocenters. The maximum absolute atomic E-state index is 6.03. The number of aromatic nitrogens is 2. The minimum Gasteiger partial charge on any atom is -0.301 e. The summed E-state index contributed by atoms with van der Waals surface area (Å²) in [7, 11) is 3.60. The summed E-state index contributed by atoms with van der Waals surface area (Å²) >= 11 is 11.9. The number of benzene rings is 1. The van der Waals surface area contributed by atoms with Crippen LogP contribution in [-0.4, -0.2) is 41.6 Å². The van der Waals surface area contributed by atoms with Crippen molar-refractivity contribution in [3.05, 3.63) is 46.3 Å². The molecule has 0 saturated heterocycles. The summed E-state index contributed by atoms with van der Waals surface area (Å²) in [5.74, 6) is 0.420. The highest BCUT2D eigenvalue weighted by Crippen LogP contribution is 2.27. The molecule has 1 aromatic heterocycles. The topological polar surface area (TPSA) is 53.7 Å². The van der Waals surface area contributed by atoms with Crippen LogP contribution in [0.5, 0.6) is 0 Å². The smallest absolute Gasteiger partial charge is 0.197 e. The molecule has 0 bridgehead atoms. The monoisotopic (exact) mass is 321 g/mol. The largest absolute Gasteiger partial charge is 0.301 e. The lowest BCUT2D eigenvalue weighted by Gasteiger charge is -2.08. The van der Waals surface area contributed by atoms with Gasteiger partial charge in [-0.05, 0) is 24.9 Å². The van der Waals surface area contributed by atoms with Crippen molar-refractivity contribution >= 4 is 35.8 Å². The van der Waals surface area contributed by atoms with Crippen molar-refractivity contribution in [1.82, 2.24) is 15.0 Å². The van der Waals surface area contributed by atoms with Crippen LogP contribution in [0.4, 0.5) is 0 Å². The van der Waals surface area contributed by atoms with Gasteiger partial charge >= 0.3 is 0 Å². The Morgan fingerprint density at radius 2 is 1.90 bits per heavy atom. The van der Waals surface area contributed by atoms with E-state index < -0.39 is 0 Å². The second kappa shape index (κ2) is 6.65. The van der Waals surface area contributed by atoms with Crippen molar-refractivity contribution in [2.45, 2.75) is 0 Å². The lowest BCUT2D eigenvalue weighted by atomic mass is 10.1. The molecule has 2 rings (SSSR count). The van der Waals surface area contributed by atoms with Gasteiger partial charge in [0.15, 0.2) is 5.84 Å². The van der Waals surface area contributed by atoms with Gasteiger partial charge in [0, 0.05) is 19.7 Å². The SMILES string of the molecule is C=N/C(=N\N(C)C)c1cc(-c2ccc(Cl)c(Cl)c2)ncn1. The number of hydrogen-bond acceptors (Lipinski definition) is 4. The maximum atomic E-state index is 6.03. The summed E-state index contributed by atoms with van der Waals surface area (Å²) in [4.78, 5) is 12.3. The van der Waals surface area contributed by atoms with E-state index in [0.29, 0.717) is 27.3 Å². The van der Waals surface area contributed by atoms with Crippen molar-refractivity contribution in [3.8, 4) is 11.3 Å². The van der Waals surface area contributed by atoms with Crippen LogP contribution in [0, 0.1) is 0 Å². The molecule has 0 N–H and O–H groups in total. The van der Waals surface area contributed by atoms with E-state index in [1.807, 2.05) is 6.07 Å². The number of aliphatic imine (C=N–C) groups is 1. The first-order chi connectivity index (χ1) is 10.0. The molecule has 21 heavy (non-hydrogen) atoms. The van der Waals surface area contributed by atoms with Crippen molar-refractivity contribution in [3.63, 3.8) is 0 Å². The summed E-state index contributed by atoms with van der Waals surface area (Å²) in [5, 5.41) is 6.81. The van der Waals surface area contributed by atoms with Gasteiger partial charge in [-0.15, -0.1) is 0 Å². The summed E-state index contributed by atoms with van der Waals surface area (Å²) in [6.07, 6.45) is 1.45. The Morgan fingerprint density at radius 3 is 2.52 bits per heavy atom. The standard InChI is InChI=1S/C14H13Cl2N5/c1-17-14(20-21(2)3)13-7-12(18-8-19-13)9-4-5-10(15)11(16)6-9/h4-8H,1H2,2-3H3/b20-14-. The van der Waals surface area contributed by atoms with E-state index in [4.69, 9.17) is 23.2 Å². The van der Waals surface area contributed by atoms with Crippen LogP contribution in [0.25, 0.3) is 11.3 Å². The predicted molar refractivity (Wildman–Crippen MR) is 87.3 cm³/mol. The predicted octanol–water partition coefficient (Wildman–Crippen LogP) is 3.37. The lowest BCUT2D eigenvalue weighted by Crippen LogP contribution is -2.10. The Bertz CT molecular complexity index is 698. The lowest BCUT2D eigenvalue weighted by molar-refractivity contribution is 0.437. The molecule has 2 aromatic rings. The summed E-state index contributed by atoms with van der Waals surface area (Å²) in [5.41, 5.74) is 2.12. The van der Waals surface area contributed by atoms with Gasteiger partial charge in [-0.1, -0.05) is 29.3 Å². The van der Waals surface area contributed by atoms with Gasteiger partial charge in [-0.25, -0.2) is 15.0 Å². The molecular weight excluding hydrogens is 309 g/mol. The average Bonchev–Trinajstić information content (AvgIpc) is 2.47. The molecule has 0 unspecified atom stereocenters. The van der Waals surface area contributed by atoms with Crippen LogP contribution < -0.4 is 0 Å². The summed E-state index contributed by atoms with van der Waals surface area (Å²) < 4.78 is 0. The number of rotatable bonds is 3. The van der Waals surface area contributed by atoms with Crippen LogP contribution >= 0.6 is 23.2 Å². The van der Waals surface area contributed by atoms with E-state index in [1.54, 1.807) is 37.3 Å². The Labute approximate surface area is 133 Å². The minimum atomic E-state index is 0.420. The third-order valence-corrected chi connectivity index (χ3v) is 3.30. The quantitative estimate of drug-likeness (QED) is 0.494. The van der Waals surface area contributed by atoms with Gasteiger partial charge in [0.2, 0.25) is 0 Å². The fourth-order valence-electron chi connectivity index (χ4n) is 1.65. The Balaban J connectivity index is 2.46. The molecule has 0 saturated carbocycles. The third kappa shape index (κ3) is 3.77. The van der Waals surface area contributed by atoms with Gasteiger partial charge in [0.05, 0.1) is 15.7 Å². The first-order valence-corrected chi connectivity index (χ1v) is 6.77. The van der Waals surface area contributed by atoms with Crippen LogP contribution in [0.1, 0.15) is 5.69 Å². The molecule has 0 spiro atoms. The Hall–Kier alpha value is -1.98. The highest BCUT2D eigenvalue weighted by molar-refractivity contribution is 6.42. The number of nitrogens with zero attached hydrogens (tertiary/aromatic N) is 5. The van der Waals surface area contributed by atoms with E-state index in [0.717, 1.165) is 5.56 Å². The van der Waals surface area contributed by atoms with E-state index in [9.17, 15) is 0 Å². The zero-order valence-electron chi connectivity index (χ0n) is 11.6. The zero-order valence-corrected chi connectivity index (χ0v) is 13.1. The molecule has 0 fully saturated rings. The minimum absolute atomic E-state index is 0.420. The highest BCUT2D eigenvalue weighted by Gasteiger charge is 2.08. The van der Waals surface area contributed by atoms with Gasteiger partial charge in [-0.2, -0.15) is 5.10 Å². The van der Waals surface area contributed by atoms with Crippen molar-refractivity contribution < 1.29 is 0 Å². The molecule has 108 valence electrons. The van der Waals surface area contributed by atoms with E-state index in [2.05, 4.69) is 26.8 Å². The number of halogens is 2. The van der Waals surface area contributed by atoms with Crippen LogP contribution in [0.3, 0.4) is 0 Å². The van der Waals surface area contributed by atoms with E-state index in [1.165, 1.54) is 6.33 Å². The highest BCUT2D eigenvalue weighted by atomic mass is 35.5. The molecule has 0 amide bonds. The summed E-state index contributed by atoms with van der Waals surface area (Å²) in [6, 6.07) is 7.09. The zero-order chi connectivity index (χ0) is 15.4. The Morgan fingerprint density at radius 1 is 1.14 bits per heavy atom. The van der Waals surface area contributed by atoms with Gasteiger partial charge in [0.25, 0.3) is 0 Å². The fraction of sp³-hybridized carbons (Fsp3) is 0.143. The van der Waals surface area contributed by atoms with E-state index >= 15 is 0 Å². The second-order valence-corrected chi connectivity index (χ2v) is 5.16. The number of amidine groups is 1.